The molecule has 0 unspecified atom stereocenters. The van der Waals surface area contributed by atoms with Crippen LogP contribution in [-0.2, 0) is 16.6 Å². The fraction of sp³-hybridized carbons (Fsp3) is 0.571. The van der Waals surface area contributed by atoms with Crippen molar-refractivity contribution in [2.24, 2.45) is 0 Å². The van der Waals surface area contributed by atoms with Gasteiger partial charge in [0.05, 0.1) is 11.5 Å². The van der Waals surface area contributed by atoms with Crippen LogP contribution in [0, 0.1) is 0 Å². The van der Waals surface area contributed by atoms with Crippen LogP contribution in [0.15, 0.2) is 29.2 Å². The van der Waals surface area contributed by atoms with Crippen molar-refractivity contribution in [2.45, 2.75) is 36.3 Å². The molecular formula is C14H22N2O3S. The van der Waals surface area contributed by atoms with Gasteiger partial charge in [-0.05, 0) is 51.1 Å². The molecule has 6 heteroatoms. The molecule has 1 aliphatic carbocycles. The summed E-state index contributed by atoms with van der Waals surface area (Å²) in [5.74, 6) is 0. The highest BCUT2D eigenvalue weighted by Crippen LogP contribution is 2.35. The van der Waals surface area contributed by atoms with E-state index in [9.17, 15) is 8.42 Å². The molecule has 0 radical (unpaired) electrons. The third-order valence-electron chi connectivity index (χ3n) is 4.22. The number of nitrogens with zero attached hydrogens (tertiary/aromatic N) is 1. The van der Waals surface area contributed by atoms with E-state index in [1.165, 1.54) is 6.07 Å². The Morgan fingerprint density at radius 1 is 1.35 bits per heavy atom. The van der Waals surface area contributed by atoms with Crippen LogP contribution in [0.3, 0.4) is 0 Å². The van der Waals surface area contributed by atoms with Gasteiger partial charge < -0.3 is 10.0 Å². The van der Waals surface area contributed by atoms with E-state index in [1.54, 1.807) is 18.2 Å². The van der Waals surface area contributed by atoms with Crippen LogP contribution in [0.5, 0.6) is 0 Å². The summed E-state index contributed by atoms with van der Waals surface area (Å²) in [4.78, 5) is 2.31. The lowest BCUT2D eigenvalue weighted by atomic mass is 9.76. The summed E-state index contributed by atoms with van der Waals surface area (Å²) in [6, 6.07) is 6.40. The smallest absolute Gasteiger partial charge is 0.240 e. The lowest BCUT2D eigenvalue weighted by Gasteiger charge is -2.47. The van der Waals surface area contributed by atoms with Crippen LogP contribution in [0.2, 0.25) is 0 Å². The minimum Gasteiger partial charge on any atom is -0.392 e. The normalized spacial score (nSPS) is 18.0. The number of benzene rings is 1. The van der Waals surface area contributed by atoms with Crippen molar-refractivity contribution in [3.05, 3.63) is 29.8 Å². The average Bonchev–Trinajstić information content (AvgIpc) is 2.37. The second-order valence-corrected chi connectivity index (χ2v) is 7.37. The number of nitrogens with one attached hydrogen (secondary N) is 1. The van der Waals surface area contributed by atoms with Gasteiger partial charge in [-0.3, -0.25) is 0 Å². The van der Waals surface area contributed by atoms with Gasteiger partial charge in [-0.15, -0.1) is 0 Å². The zero-order chi connectivity index (χ0) is 14.8. The molecule has 0 atom stereocenters. The van der Waals surface area contributed by atoms with E-state index in [2.05, 4.69) is 9.62 Å². The molecule has 0 bridgehead atoms. The van der Waals surface area contributed by atoms with Crippen molar-refractivity contribution in [1.82, 2.24) is 9.62 Å². The summed E-state index contributed by atoms with van der Waals surface area (Å²) >= 11 is 0. The second-order valence-electron chi connectivity index (χ2n) is 5.60. The number of hydrogen-bond donors (Lipinski definition) is 2. The van der Waals surface area contributed by atoms with Crippen LogP contribution >= 0.6 is 0 Å². The Hall–Kier alpha value is -0.950. The number of aliphatic hydroxyl groups is 1. The fourth-order valence-electron chi connectivity index (χ4n) is 2.49. The topological polar surface area (TPSA) is 69.6 Å². The van der Waals surface area contributed by atoms with Gasteiger partial charge >= 0.3 is 0 Å². The highest BCUT2D eigenvalue weighted by molar-refractivity contribution is 7.89. The Bertz CT molecular complexity index is 566. The summed E-state index contributed by atoms with van der Waals surface area (Å²) < 4.78 is 27.3. The van der Waals surface area contributed by atoms with Crippen LogP contribution < -0.4 is 4.72 Å². The summed E-state index contributed by atoms with van der Waals surface area (Å²) in [7, 11) is 0.448. The van der Waals surface area contributed by atoms with E-state index in [0.717, 1.165) is 19.3 Å². The van der Waals surface area contributed by atoms with E-state index in [1.807, 2.05) is 14.1 Å². The van der Waals surface area contributed by atoms with Crippen LogP contribution in [0.4, 0.5) is 0 Å². The van der Waals surface area contributed by atoms with Crippen molar-refractivity contribution in [3.63, 3.8) is 0 Å². The van der Waals surface area contributed by atoms with E-state index in [0.29, 0.717) is 12.1 Å². The van der Waals surface area contributed by atoms with Crippen LogP contribution in [0.1, 0.15) is 24.8 Å². The first-order valence-corrected chi connectivity index (χ1v) is 8.25. The zero-order valence-electron chi connectivity index (χ0n) is 12.0. The number of sulfonamides is 1. The second kappa shape index (κ2) is 5.81. The van der Waals surface area contributed by atoms with Gasteiger partial charge in [0.1, 0.15) is 0 Å². The summed E-state index contributed by atoms with van der Waals surface area (Å²) in [6.07, 6.45) is 3.16. The molecule has 20 heavy (non-hydrogen) atoms. The van der Waals surface area contributed by atoms with Gasteiger partial charge in [-0.25, -0.2) is 13.1 Å². The van der Waals surface area contributed by atoms with Crippen LogP contribution in [0.25, 0.3) is 0 Å². The molecule has 1 aromatic carbocycles. The first-order chi connectivity index (χ1) is 9.39. The quantitative estimate of drug-likeness (QED) is 0.820. The van der Waals surface area contributed by atoms with Gasteiger partial charge in [-0.2, -0.15) is 0 Å². The Morgan fingerprint density at radius 3 is 2.55 bits per heavy atom. The monoisotopic (exact) mass is 298 g/mol. The molecule has 112 valence electrons. The Labute approximate surface area is 120 Å². The number of aliphatic hydroxyl groups excluding tert-OH is 1. The molecule has 0 spiro atoms. The minimum absolute atomic E-state index is 0.0539. The SMILES string of the molecule is CN(C)C1(CNS(=O)(=O)c2cccc(CO)c2)CCC1. The lowest BCUT2D eigenvalue weighted by Crippen LogP contribution is -2.57. The predicted molar refractivity (Wildman–Crippen MR) is 77.8 cm³/mol. The standard InChI is InChI=1S/C14H22N2O3S/c1-16(2)14(7-4-8-14)11-15-20(18,19)13-6-3-5-12(9-13)10-17/h3,5-6,9,15,17H,4,7-8,10-11H2,1-2H3. The van der Waals surface area contributed by atoms with E-state index < -0.39 is 10.0 Å². The van der Waals surface area contributed by atoms with Crippen molar-refractivity contribution < 1.29 is 13.5 Å². The summed E-state index contributed by atoms with van der Waals surface area (Å²) in [6.45, 7) is 0.261. The molecule has 5 nitrogen and oxygen atoms in total. The lowest BCUT2D eigenvalue weighted by molar-refractivity contribution is 0.0657. The Morgan fingerprint density at radius 2 is 2.05 bits per heavy atom. The molecule has 0 amide bonds. The maximum Gasteiger partial charge on any atom is 0.240 e. The van der Waals surface area contributed by atoms with Crippen molar-refractivity contribution in [1.29, 1.82) is 0 Å². The summed E-state index contributed by atoms with van der Waals surface area (Å²) in [5.41, 5.74) is 0.542. The maximum absolute atomic E-state index is 12.3. The highest BCUT2D eigenvalue weighted by atomic mass is 32.2. The zero-order valence-corrected chi connectivity index (χ0v) is 12.8. The van der Waals surface area contributed by atoms with Gasteiger partial charge in [0.2, 0.25) is 10.0 Å². The molecule has 0 aromatic heterocycles. The molecule has 2 rings (SSSR count). The minimum atomic E-state index is -3.52. The largest absolute Gasteiger partial charge is 0.392 e. The molecule has 1 aliphatic rings. The summed E-state index contributed by atoms with van der Waals surface area (Å²) in [5, 5.41) is 9.09. The Balaban J connectivity index is 2.11. The van der Waals surface area contributed by atoms with Gasteiger partial charge in [0.15, 0.2) is 0 Å². The third-order valence-corrected chi connectivity index (χ3v) is 5.61. The Kier molecular flexibility index (Phi) is 4.49. The van der Waals surface area contributed by atoms with Crippen molar-refractivity contribution in [2.75, 3.05) is 20.6 Å². The maximum atomic E-state index is 12.3. The van der Waals surface area contributed by atoms with Gasteiger partial charge in [0, 0.05) is 12.1 Å². The molecule has 0 saturated heterocycles. The number of rotatable bonds is 6. The molecular weight excluding hydrogens is 276 g/mol. The molecule has 0 heterocycles. The van der Waals surface area contributed by atoms with Crippen LogP contribution in [-0.4, -0.2) is 44.6 Å². The molecule has 1 fully saturated rings. The highest BCUT2D eigenvalue weighted by Gasteiger charge is 2.39. The van der Waals surface area contributed by atoms with Gasteiger partial charge in [0.25, 0.3) is 0 Å². The van der Waals surface area contributed by atoms with E-state index >= 15 is 0 Å². The van der Waals surface area contributed by atoms with Crippen molar-refractivity contribution in [3.8, 4) is 0 Å². The molecule has 1 aromatic rings. The van der Waals surface area contributed by atoms with Crippen molar-refractivity contribution >= 4 is 10.0 Å². The molecule has 0 aliphatic heterocycles. The number of hydrogen-bond acceptors (Lipinski definition) is 4. The molecule has 1 saturated carbocycles. The number of likely N-dealkylation sites (N-methyl/N-ethyl adjacent to an activating group) is 1. The first kappa shape index (κ1) is 15.4. The predicted octanol–water partition coefficient (Wildman–Crippen LogP) is 0.941. The van der Waals surface area contributed by atoms with E-state index in [-0.39, 0.29) is 17.0 Å². The fourth-order valence-corrected chi connectivity index (χ4v) is 3.68. The first-order valence-electron chi connectivity index (χ1n) is 6.76. The average molecular weight is 298 g/mol. The van der Waals surface area contributed by atoms with E-state index in [4.69, 9.17) is 5.11 Å². The third kappa shape index (κ3) is 3.03. The van der Waals surface area contributed by atoms with Gasteiger partial charge in [-0.1, -0.05) is 12.1 Å². The molecule has 2 N–H and O–H groups in total.